The van der Waals surface area contributed by atoms with E-state index in [0.29, 0.717) is 12.1 Å². The number of nitrogens with zero attached hydrogens (tertiary/aromatic N) is 1. The molecule has 0 aromatic heterocycles. The molecule has 1 unspecified atom stereocenters. The summed E-state index contributed by atoms with van der Waals surface area (Å²) >= 11 is 0. The van der Waals surface area contributed by atoms with Crippen LogP contribution in [0, 0.1) is 34.1 Å². The van der Waals surface area contributed by atoms with Crippen LogP contribution in [0.2, 0.25) is 0 Å². The number of hydrogen-bond donors (Lipinski definition) is 1. The number of rotatable bonds is 3. The smallest absolute Gasteiger partial charge is 0.307 e. The van der Waals surface area contributed by atoms with E-state index in [9.17, 15) is 23.7 Å². The molecule has 94 valence electrons. The second-order valence-electron chi connectivity index (χ2n) is 3.40. The molecular weight excluding hydrogens is 246 g/mol. The summed E-state index contributed by atoms with van der Waals surface area (Å²) in [6.07, 6.45) is 5.01. The lowest BCUT2D eigenvalue weighted by Gasteiger charge is -2.08. The van der Waals surface area contributed by atoms with Crippen molar-refractivity contribution < 1.29 is 18.5 Å². The summed E-state index contributed by atoms with van der Waals surface area (Å²) < 4.78 is 26.6. The Bertz CT molecular complexity index is 552. The average molecular weight is 254 g/mol. The number of carbonyl (C=O) groups excluding carboxylic acids is 1. The lowest BCUT2D eigenvalue weighted by atomic mass is 10.1. The van der Waals surface area contributed by atoms with E-state index in [1.54, 1.807) is 0 Å². The van der Waals surface area contributed by atoms with Gasteiger partial charge in [0, 0.05) is 0 Å². The van der Waals surface area contributed by atoms with Gasteiger partial charge >= 0.3 is 5.69 Å². The summed E-state index contributed by atoms with van der Waals surface area (Å²) in [7, 11) is 0. The standard InChI is InChI=1S/C11H8F2N2O3/c1-3-6(2)14-11(16)7-4-9(13)10(15(17)18)5-8(7)12/h1,4-6H,2H3,(H,14,16). The molecule has 0 saturated heterocycles. The highest BCUT2D eigenvalue weighted by Crippen LogP contribution is 2.21. The molecule has 1 rings (SSSR count). The third-order valence-corrected chi connectivity index (χ3v) is 2.08. The Balaban J connectivity index is 3.13. The molecule has 1 aromatic carbocycles. The van der Waals surface area contributed by atoms with Gasteiger partial charge in [0.1, 0.15) is 5.82 Å². The molecule has 5 nitrogen and oxygen atoms in total. The predicted molar refractivity (Wildman–Crippen MR) is 58.8 cm³/mol. The van der Waals surface area contributed by atoms with E-state index >= 15 is 0 Å². The lowest BCUT2D eigenvalue weighted by Crippen LogP contribution is -2.32. The third kappa shape index (κ3) is 2.79. The summed E-state index contributed by atoms with van der Waals surface area (Å²) in [5.41, 5.74) is -1.67. The summed E-state index contributed by atoms with van der Waals surface area (Å²) in [5, 5.41) is 12.6. The van der Waals surface area contributed by atoms with Gasteiger partial charge in [0.05, 0.1) is 22.6 Å². The molecule has 0 aliphatic heterocycles. The number of nitro benzene ring substituents is 1. The number of amides is 1. The Hall–Kier alpha value is -2.49. The fourth-order valence-corrected chi connectivity index (χ4v) is 1.17. The molecule has 0 radical (unpaired) electrons. The minimum atomic E-state index is -1.29. The van der Waals surface area contributed by atoms with Gasteiger partial charge in [-0.1, -0.05) is 5.92 Å². The molecule has 1 aromatic rings. The van der Waals surface area contributed by atoms with Crippen LogP contribution in [0.5, 0.6) is 0 Å². The fourth-order valence-electron chi connectivity index (χ4n) is 1.17. The first kappa shape index (κ1) is 13.6. The van der Waals surface area contributed by atoms with E-state index in [1.165, 1.54) is 6.92 Å². The Kier molecular flexibility index (Phi) is 3.94. The Morgan fingerprint density at radius 2 is 2.11 bits per heavy atom. The van der Waals surface area contributed by atoms with Crippen molar-refractivity contribution in [2.75, 3.05) is 0 Å². The van der Waals surface area contributed by atoms with Gasteiger partial charge in [-0.3, -0.25) is 14.9 Å². The van der Waals surface area contributed by atoms with Gasteiger partial charge in [-0.25, -0.2) is 4.39 Å². The summed E-state index contributed by atoms with van der Waals surface area (Å²) in [5.74, 6) is -1.25. The zero-order valence-corrected chi connectivity index (χ0v) is 9.24. The van der Waals surface area contributed by atoms with Crippen LogP contribution in [0.3, 0.4) is 0 Å². The van der Waals surface area contributed by atoms with Gasteiger partial charge < -0.3 is 5.32 Å². The summed E-state index contributed by atoms with van der Waals surface area (Å²) in [6, 6.07) is 0.145. The number of nitro groups is 1. The molecule has 0 aliphatic rings. The van der Waals surface area contributed by atoms with Crippen LogP contribution < -0.4 is 5.32 Å². The Morgan fingerprint density at radius 3 is 2.61 bits per heavy atom. The topological polar surface area (TPSA) is 72.2 Å². The van der Waals surface area contributed by atoms with Crippen LogP contribution >= 0.6 is 0 Å². The molecule has 1 N–H and O–H groups in total. The minimum Gasteiger partial charge on any atom is -0.339 e. The number of carbonyl (C=O) groups is 1. The zero-order valence-electron chi connectivity index (χ0n) is 9.24. The number of nitrogens with one attached hydrogen (secondary N) is 1. The Labute approximate surface area is 101 Å². The predicted octanol–water partition coefficient (Wildman–Crippen LogP) is 1.62. The van der Waals surface area contributed by atoms with E-state index in [1.807, 2.05) is 0 Å². The second kappa shape index (κ2) is 5.23. The molecule has 0 aliphatic carbocycles. The summed E-state index contributed by atoms with van der Waals surface area (Å²) in [4.78, 5) is 20.8. The van der Waals surface area contributed by atoms with Gasteiger partial charge in [0.25, 0.3) is 5.91 Å². The van der Waals surface area contributed by atoms with Crippen molar-refractivity contribution >= 4 is 11.6 Å². The summed E-state index contributed by atoms with van der Waals surface area (Å²) in [6.45, 7) is 1.47. The van der Waals surface area contributed by atoms with Crippen molar-refractivity contribution in [3.63, 3.8) is 0 Å². The first-order valence-electron chi connectivity index (χ1n) is 4.77. The number of terminal acetylenes is 1. The number of halogens is 2. The monoisotopic (exact) mass is 254 g/mol. The van der Waals surface area contributed by atoms with Crippen molar-refractivity contribution in [2.24, 2.45) is 0 Å². The van der Waals surface area contributed by atoms with E-state index in [0.717, 1.165) is 0 Å². The quantitative estimate of drug-likeness (QED) is 0.506. The lowest BCUT2D eigenvalue weighted by molar-refractivity contribution is -0.387. The van der Waals surface area contributed by atoms with Crippen molar-refractivity contribution in [1.82, 2.24) is 5.32 Å². The highest BCUT2D eigenvalue weighted by molar-refractivity contribution is 5.95. The molecule has 0 bridgehead atoms. The zero-order chi connectivity index (χ0) is 13.9. The molecule has 0 spiro atoms. The van der Waals surface area contributed by atoms with Crippen LogP contribution in [0.1, 0.15) is 17.3 Å². The van der Waals surface area contributed by atoms with Crippen molar-refractivity contribution in [3.05, 3.63) is 39.4 Å². The van der Waals surface area contributed by atoms with Crippen LogP contribution in [0.25, 0.3) is 0 Å². The van der Waals surface area contributed by atoms with E-state index in [2.05, 4.69) is 11.2 Å². The van der Waals surface area contributed by atoms with E-state index < -0.39 is 39.8 Å². The van der Waals surface area contributed by atoms with Crippen LogP contribution in [-0.2, 0) is 0 Å². The largest absolute Gasteiger partial charge is 0.339 e. The maximum Gasteiger partial charge on any atom is 0.307 e. The van der Waals surface area contributed by atoms with Gasteiger partial charge in [0.2, 0.25) is 5.82 Å². The Morgan fingerprint density at radius 1 is 1.50 bits per heavy atom. The molecule has 0 heterocycles. The van der Waals surface area contributed by atoms with Crippen LogP contribution in [0.15, 0.2) is 12.1 Å². The maximum atomic E-state index is 13.4. The van der Waals surface area contributed by atoms with Crippen LogP contribution in [0.4, 0.5) is 14.5 Å². The molecule has 1 atom stereocenters. The van der Waals surface area contributed by atoms with Crippen molar-refractivity contribution in [2.45, 2.75) is 13.0 Å². The number of hydrogen-bond acceptors (Lipinski definition) is 3. The highest BCUT2D eigenvalue weighted by atomic mass is 19.1. The van der Waals surface area contributed by atoms with E-state index in [-0.39, 0.29) is 0 Å². The number of benzene rings is 1. The van der Waals surface area contributed by atoms with Crippen molar-refractivity contribution in [1.29, 1.82) is 0 Å². The first-order chi connectivity index (χ1) is 8.36. The molecule has 18 heavy (non-hydrogen) atoms. The van der Waals surface area contributed by atoms with Gasteiger partial charge in [-0.05, 0) is 13.0 Å². The minimum absolute atomic E-state index is 0.352. The molecule has 0 saturated carbocycles. The molecule has 1 amide bonds. The SMILES string of the molecule is C#CC(C)NC(=O)c1cc(F)c([N+](=O)[O-])cc1F. The molecule has 0 fully saturated rings. The van der Waals surface area contributed by atoms with Gasteiger partial charge in [0.15, 0.2) is 0 Å². The average Bonchev–Trinajstić information content (AvgIpc) is 2.30. The molecular formula is C11H8F2N2O3. The third-order valence-electron chi connectivity index (χ3n) is 2.08. The maximum absolute atomic E-state index is 13.4. The van der Waals surface area contributed by atoms with Crippen molar-refractivity contribution in [3.8, 4) is 12.3 Å². The normalized spacial score (nSPS) is 11.4. The highest BCUT2D eigenvalue weighted by Gasteiger charge is 2.22. The van der Waals surface area contributed by atoms with Gasteiger partial charge in [-0.2, -0.15) is 4.39 Å². The second-order valence-corrected chi connectivity index (χ2v) is 3.40. The molecule has 7 heteroatoms. The fraction of sp³-hybridized carbons (Fsp3) is 0.182. The van der Waals surface area contributed by atoms with E-state index in [4.69, 9.17) is 6.42 Å². The van der Waals surface area contributed by atoms with Gasteiger partial charge in [-0.15, -0.1) is 6.42 Å². The van der Waals surface area contributed by atoms with Crippen LogP contribution in [-0.4, -0.2) is 16.9 Å². The first-order valence-corrected chi connectivity index (χ1v) is 4.77.